The molecule has 2 aliphatic rings. The number of benzene rings is 4. The Morgan fingerprint density at radius 3 is 2.35 bits per heavy atom. The molecule has 0 radical (unpaired) electrons. The third-order valence-corrected chi connectivity index (χ3v) is 15.6. The number of rotatable bonds is 13. The van der Waals surface area contributed by atoms with Crippen molar-refractivity contribution in [2.24, 2.45) is 5.92 Å². The number of hydrogen-bond acceptors (Lipinski definition) is 8. The first kappa shape index (κ1) is 37.0. The largest absolute Gasteiger partial charge is 0.497 e. The van der Waals surface area contributed by atoms with Gasteiger partial charge < -0.3 is 29.5 Å². The number of amides is 2. The highest BCUT2D eigenvalue weighted by atomic mass is 28.3. The van der Waals surface area contributed by atoms with E-state index in [0.717, 1.165) is 28.3 Å². The molecule has 0 aliphatic carbocycles. The van der Waals surface area contributed by atoms with Crippen LogP contribution in [-0.2, 0) is 34.6 Å². The van der Waals surface area contributed by atoms with Gasteiger partial charge >= 0.3 is 0 Å². The highest BCUT2D eigenvalue weighted by molar-refractivity contribution is 6.91. The first-order valence-corrected chi connectivity index (χ1v) is 21.4. The summed E-state index contributed by atoms with van der Waals surface area (Å²) < 4.78 is 20.3. The predicted molar refractivity (Wildman–Crippen MR) is 210 cm³/mol. The molecule has 5 aromatic rings. The monoisotopic (exact) mass is 745 g/mol. The number of fused-ring (bicyclic) bond motifs is 2. The maximum atomic E-state index is 15.2. The highest BCUT2D eigenvalue weighted by Crippen LogP contribution is 2.60. The summed E-state index contributed by atoms with van der Waals surface area (Å²) in [7, 11) is 0.946. The smallest absolute Gasteiger partial charge is 0.264 e. The molecule has 2 N–H and O–H groups in total. The van der Waals surface area contributed by atoms with Crippen LogP contribution in [0.2, 0.25) is 18.6 Å². The fourth-order valence-electron chi connectivity index (χ4n) is 8.45. The Morgan fingerprint density at radius 1 is 0.963 bits per heavy atom. The normalized spacial score (nSPS) is 20.7. The molecule has 2 amide bonds. The van der Waals surface area contributed by atoms with E-state index in [1.807, 2.05) is 83.9 Å². The fourth-order valence-corrected chi connectivity index (χ4v) is 12.5. The number of nitrogens with zero attached hydrogens (tertiary/aromatic N) is 4. The number of methoxy groups -OCH3 is 2. The quantitative estimate of drug-likeness (QED) is 0.142. The Balaban J connectivity index is 1.22. The van der Waals surface area contributed by atoms with E-state index in [4.69, 9.17) is 14.2 Å². The van der Waals surface area contributed by atoms with Crippen molar-refractivity contribution in [3.63, 3.8) is 0 Å². The van der Waals surface area contributed by atoms with Gasteiger partial charge in [0.1, 0.15) is 11.5 Å². The third kappa shape index (κ3) is 6.81. The lowest BCUT2D eigenvalue weighted by Crippen LogP contribution is -2.51. The van der Waals surface area contributed by atoms with Crippen LogP contribution in [0.4, 0.5) is 11.4 Å². The lowest BCUT2D eigenvalue weighted by molar-refractivity contribution is -0.146. The Kier molecular flexibility index (Phi) is 10.4. The third-order valence-electron chi connectivity index (χ3n) is 11.2. The standard InChI is InChI=1S/C42H47N5O6Si/c1-28-39(54(4,5)35-18-15-33(51-2)16-19-35)38(21-23-46-27-32(22-24-48)44-45-46)53-42(28)36-25-34(52-3)17-20-37(36)47(41(42)50)26-29-11-13-31(14-12-29)43-40(49)30-9-7-6-8-10-30/h6-20,25,27-28,38-39,48H,21-24,26H2,1-5H3,(H,43,49)/t28-,38+,39-,42+/m0/s1. The summed E-state index contributed by atoms with van der Waals surface area (Å²) >= 11 is 0. The Morgan fingerprint density at radius 2 is 1.67 bits per heavy atom. The van der Waals surface area contributed by atoms with Crippen LogP contribution in [0.15, 0.2) is 103 Å². The molecule has 0 bridgehead atoms. The zero-order valence-corrected chi connectivity index (χ0v) is 32.4. The SMILES string of the molecule is COc1ccc([Si](C)(C)[C@@H]2[C@@H](CCn3cc(CCO)nn3)O[C@]3(C(=O)N(Cc4ccc(NC(=O)c5ccccc5)cc4)c4ccc(OC)cc43)[C@H]2C)cc1. The maximum absolute atomic E-state index is 15.2. The molecule has 1 spiro atoms. The van der Waals surface area contributed by atoms with Gasteiger partial charge in [-0.3, -0.25) is 14.3 Å². The van der Waals surface area contributed by atoms with Crippen LogP contribution in [0, 0.1) is 5.92 Å². The van der Waals surface area contributed by atoms with Gasteiger partial charge in [-0.2, -0.15) is 0 Å². The van der Waals surface area contributed by atoms with Gasteiger partial charge in [0.05, 0.1) is 46.3 Å². The Bertz CT molecular complexity index is 2110. The molecule has 280 valence electrons. The van der Waals surface area contributed by atoms with Crippen molar-refractivity contribution in [2.75, 3.05) is 31.0 Å². The molecule has 1 aromatic heterocycles. The van der Waals surface area contributed by atoms with Crippen molar-refractivity contribution in [2.45, 2.75) is 63.2 Å². The molecule has 0 saturated carbocycles. The summed E-state index contributed by atoms with van der Waals surface area (Å²) in [6, 6.07) is 30.8. The van der Waals surface area contributed by atoms with Gasteiger partial charge in [0, 0.05) is 48.5 Å². The molecule has 1 fully saturated rings. The second-order valence-corrected chi connectivity index (χ2v) is 19.4. The van der Waals surface area contributed by atoms with Gasteiger partial charge in [0.2, 0.25) is 0 Å². The molecule has 4 atom stereocenters. The molecule has 2 aliphatic heterocycles. The van der Waals surface area contributed by atoms with E-state index in [9.17, 15) is 9.90 Å². The minimum Gasteiger partial charge on any atom is -0.497 e. The van der Waals surface area contributed by atoms with Crippen molar-refractivity contribution >= 4 is 36.4 Å². The van der Waals surface area contributed by atoms with Crippen LogP contribution in [-0.4, -0.2) is 66.9 Å². The van der Waals surface area contributed by atoms with Gasteiger partial charge in [-0.15, -0.1) is 5.10 Å². The van der Waals surface area contributed by atoms with Crippen molar-refractivity contribution in [1.29, 1.82) is 0 Å². The van der Waals surface area contributed by atoms with E-state index >= 15 is 4.79 Å². The number of nitrogens with one attached hydrogen (secondary N) is 1. The number of aliphatic hydroxyl groups is 1. The molecule has 11 nitrogen and oxygen atoms in total. The number of aryl methyl sites for hydroxylation is 1. The minimum absolute atomic E-state index is 0.00460. The van der Waals surface area contributed by atoms with Gasteiger partial charge in [-0.05, 0) is 72.1 Å². The average molecular weight is 746 g/mol. The van der Waals surface area contributed by atoms with Crippen LogP contribution in [0.25, 0.3) is 0 Å². The van der Waals surface area contributed by atoms with Crippen LogP contribution in [0.3, 0.4) is 0 Å². The number of aliphatic hydroxyl groups excluding tert-OH is 1. The summed E-state index contributed by atoms with van der Waals surface area (Å²) in [5.41, 5.74) is 3.29. The van der Waals surface area contributed by atoms with Gasteiger partial charge in [-0.25, -0.2) is 0 Å². The van der Waals surface area contributed by atoms with Crippen LogP contribution < -0.4 is 24.9 Å². The van der Waals surface area contributed by atoms with Gasteiger partial charge in [0.25, 0.3) is 11.8 Å². The molecule has 0 unspecified atom stereocenters. The number of carbonyl (C=O) groups is 2. The summed E-state index contributed by atoms with van der Waals surface area (Å²) in [6.07, 6.45) is 2.65. The number of carbonyl (C=O) groups excluding carboxylic acids is 2. The second-order valence-electron chi connectivity index (χ2n) is 14.7. The summed E-state index contributed by atoms with van der Waals surface area (Å²) in [5, 5.41) is 22.2. The summed E-state index contributed by atoms with van der Waals surface area (Å²) in [4.78, 5) is 29.8. The molecule has 1 saturated heterocycles. The fraction of sp³-hybridized carbons (Fsp3) is 0.333. The zero-order valence-electron chi connectivity index (χ0n) is 31.4. The second kappa shape index (κ2) is 15.2. The Hall–Kier alpha value is -5.30. The van der Waals surface area contributed by atoms with Gasteiger partial charge in [0.15, 0.2) is 5.60 Å². The molecular formula is C42H47N5O6Si. The van der Waals surface area contributed by atoms with Crippen molar-refractivity contribution in [1.82, 2.24) is 15.0 Å². The summed E-state index contributed by atoms with van der Waals surface area (Å²) in [6.45, 7) is 7.77. The van der Waals surface area contributed by atoms with Gasteiger partial charge in [-0.1, -0.05) is 72.9 Å². The van der Waals surface area contributed by atoms with E-state index in [-0.39, 0.29) is 36.0 Å². The van der Waals surface area contributed by atoms with Crippen molar-refractivity contribution < 1.29 is 28.9 Å². The lowest BCUT2D eigenvalue weighted by Gasteiger charge is -2.37. The lowest BCUT2D eigenvalue weighted by atomic mass is 9.82. The van der Waals surface area contributed by atoms with Crippen LogP contribution in [0.1, 0.15) is 40.5 Å². The van der Waals surface area contributed by atoms with Crippen molar-refractivity contribution in [3.05, 3.63) is 126 Å². The van der Waals surface area contributed by atoms with E-state index in [0.29, 0.717) is 42.9 Å². The predicted octanol–water partition coefficient (Wildman–Crippen LogP) is 5.94. The molecule has 54 heavy (non-hydrogen) atoms. The first-order valence-electron chi connectivity index (χ1n) is 18.4. The Labute approximate surface area is 316 Å². The molecule has 3 heterocycles. The van der Waals surface area contributed by atoms with E-state index in [1.165, 1.54) is 5.19 Å². The van der Waals surface area contributed by atoms with E-state index in [1.54, 1.807) is 31.0 Å². The number of hydrogen-bond donors (Lipinski definition) is 2. The number of ether oxygens (including phenoxy) is 3. The van der Waals surface area contributed by atoms with Crippen molar-refractivity contribution in [3.8, 4) is 11.5 Å². The maximum Gasteiger partial charge on any atom is 0.264 e. The molecule has 7 rings (SSSR count). The average Bonchev–Trinajstić information content (AvgIpc) is 3.84. The van der Waals surface area contributed by atoms with Crippen LogP contribution in [0.5, 0.6) is 11.5 Å². The summed E-state index contributed by atoms with van der Waals surface area (Å²) in [5.74, 6) is 0.979. The highest BCUT2D eigenvalue weighted by Gasteiger charge is 2.66. The van der Waals surface area contributed by atoms with Crippen LogP contribution >= 0.6 is 0 Å². The minimum atomic E-state index is -2.36. The molecule has 4 aromatic carbocycles. The molecule has 12 heteroatoms. The zero-order chi connectivity index (χ0) is 38.0. The first-order chi connectivity index (χ1) is 26.1. The van der Waals surface area contributed by atoms with E-state index in [2.05, 4.69) is 47.8 Å². The molecular weight excluding hydrogens is 699 g/mol. The topological polar surface area (TPSA) is 128 Å². The van der Waals surface area contributed by atoms with E-state index < -0.39 is 13.7 Å². The number of anilines is 2. The number of aromatic nitrogens is 3.